The van der Waals surface area contributed by atoms with Gasteiger partial charge in [0.05, 0.1) is 18.6 Å². The zero-order valence-corrected chi connectivity index (χ0v) is 9.13. The molecule has 0 aromatic rings. The van der Waals surface area contributed by atoms with Gasteiger partial charge in [0.25, 0.3) is 0 Å². The van der Waals surface area contributed by atoms with E-state index in [-0.39, 0.29) is 29.9 Å². The van der Waals surface area contributed by atoms with Gasteiger partial charge in [0.1, 0.15) is 11.6 Å². The number of carbonyl (C=O) groups excluding carboxylic acids is 1. The normalized spacial score (nSPS) is 19.1. The molecular formula is C9H11NO4S. The predicted molar refractivity (Wildman–Crippen MR) is 52.5 cm³/mol. The molecule has 0 aliphatic carbocycles. The lowest BCUT2D eigenvalue weighted by Crippen LogP contribution is -2.20. The second-order valence-corrected chi connectivity index (χ2v) is 5.54. The van der Waals surface area contributed by atoms with Crippen molar-refractivity contribution in [2.24, 2.45) is 0 Å². The minimum absolute atomic E-state index is 0.00447. The van der Waals surface area contributed by atoms with Crippen LogP contribution >= 0.6 is 0 Å². The number of esters is 1. The van der Waals surface area contributed by atoms with Gasteiger partial charge in [0.2, 0.25) is 0 Å². The minimum atomic E-state index is -2.99. The number of allylic oxidation sites excluding steroid dienone is 1. The van der Waals surface area contributed by atoms with Gasteiger partial charge < -0.3 is 4.74 Å². The Balaban J connectivity index is 2.93. The topological polar surface area (TPSA) is 84.2 Å². The molecule has 15 heavy (non-hydrogen) atoms. The van der Waals surface area contributed by atoms with Crippen molar-refractivity contribution in [3.8, 4) is 6.07 Å². The number of ether oxygens (including phenoxy) is 1. The molecule has 1 aliphatic heterocycles. The first-order chi connectivity index (χ1) is 7.00. The molecule has 1 rings (SSSR count). The lowest BCUT2D eigenvalue weighted by Gasteiger charge is -2.15. The third-order valence-corrected chi connectivity index (χ3v) is 3.94. The molecule has 6 heteroatoms. The zero-order valence-electron chi connectivity index (χ0n) is 8.32. The van der Waals surface area contributed by atoms with Crippen molar-refractivity contribution in [2.75, 3.05) is 18.6 Å². The third kappa shape index (κ3) is 2.80. The highest BCUT2D eigenvalue weighted by Gasteiger charge is 2.24. The quantitative estimate of drug-likeness (QED) is 0.364. The SMILES string of the molecule is COC(=O)C(C#N)=C1CCS(=O)(=O)CC1. The summed E-state index contributed by atoms with van der Waals surface area (Å²) in [5.41, 5.74) is 0.534. The maximum atomic E-state index is 11.2. The number of hydrogen-bond donors (Lipinski definition) is 0. The van der Waals surface area contributed by atoms with Crippen LogP contribution in [0.5, 0.6) is 0 Å². The highest BCUT2D eigenvalue weighted by atomic mass is 32.2. The van der Waals surface area contributed by atoms with Crippen LogP contribution in [0.4, 0.5) is 0 Å². The van der Waals surface area contributed by atoms with E-state index in [4.69, 9.17) is 5.26 Å². The molecule has 0 N–H and O–H groups in total. The van der Waals surface area contributed by atoms with E-state index in [0.717, 1.165) is 0 Å². The molecule has 0 bridgehead atoms. The molecule has 0 spiro atoms. The van der Waals surface area contributed by atoms with Gasteiger partial charge in [0.15, 0.2) is 9.84 Å². The van der Waals surface area contributed by atoms with Crippen LogP contribution in [0.3, 0.4) is 0 Å². The van der Waals surface area contributed by atoms with Crippen molar-refractivity contribution in [3.63, 3.8) is 0 Å². The largest absolute Gasteiger partial charge is 0.465 e. The molecule has 82 valence electrons. The summed E-state index contributed by atoms with van der Waals surface area (Å²) in [5.74, 6) is -0.679. The molecule has 0 saturated carbocycles. The molecule has 0 radical (unpaired) electrons. The van der Waals surface area contributed by atoms with Crippen LogP contribution < -0.4 is 0 Å². The molecule has 1 heterocycles. The maximum absolute atomic E-state index is 11.2. The first kappa shape index (κ1) is 11.7. The van der Waals surface area contributed by atoms with E-state index in [9.17, 15) is 13.2 Å². The standard InChI is InChI=1S/C9H11NO4S/c1-14-9(11)8(6-10)7-2-4-15(12,13)5-3-7/h2-5H2,1H3. The van der Waals surface area contributed by atoms with Crippen LogP contribution in [0.25, 0.3) is 0 Å². The smallest absolute Gasteiger partial charge is 0.348 e. The second kappa shape index (κ2) is 4.45. The van der Waals surface area contributed by atoms with Crippen molar-refractivity contribution in [1.29, 1.82) is 5.26 Å². The average Bonchev–Trinajstić information content (AvgIpc) is 2.21. The highest BCUT2D eigenvalue weighted by Crippen LogP contribution is 2.21. The second-order valence-electron chi connectivity index (χ2n) is 3.23. The van der Waals surface area contributed by atoms with Crippen molar-refractivity contribution < 1.29 is 17.9 Å². The molecular weight excluding hydrogens is 218 g/mol. The molecule has 1 saturated heterocycles. The summed E-state index contributed by atoms with van der Waals surface area (Å²) in [6.07, 6.45) is 0.501. The number of sulfone groups is 1. The van der Waals surface area contributed by atoms with Crippen LogP contribution in [-0.4, -0.2) is 33.0 Å². The third-order valence-electron chi connectivity index (χ3n) is 2.28. The lowest BCUT2D eigenvalue weighted by molar-refractivity contribution is -0.135. The Hall–Kier alpha value is -1.35. The molecule has 0 amide bonds. The number of methoxy groups -OCH3 is 1. The van der Waals surface area contributed by atoms with Crippen molar-refractivity contribution in [2.45, 2.75) is 12.8 Å². The number of nitrogens with zero attached hydrogens (tertiary/aromatic N) is 1. The Kier molecular flexibility index (Phi) is 3.48. The highest BCUT2D eigenvalue weighted by molar-refractivity contribution is 7.91. The maximum Gasteiger partial charge on any atom is 0.348 e. The molecule has 0 atom stereocenters. The summed E-state index contributed by atoms with van der Waals surface area (Å²) < 4.78 is 26.7. The van der Waals surface area contributed by atoms with Crippen molar-refractivity contribution in [3.05, 3.63) is 11.1 Å². The van der Waals surface area contributed by atoms with Crippen molar-refractivity contribution >= 4 is 15.8 Å². The van der Waals surface area contributed by atoms with E-state index in [2.05, 4.69) is 4.74 Å². The van der Waals surface area contributed by atoms with E-state index < -0.39 is 15.8 Å². The van der Waals surface area contributed by atoms with Gasteiger partial charge in [0, 0.05) is 0 Å². The summed E-state index contributed by atoms with van der Waals surface area (Å²) in [6, 6.07) is 1.76. The Morgan fingerprint density at radius 3 is 2.33 bits per heavy atom. The van der Waals surface area contributed by atoms with Crippen LogP contribution in [0.15, 0.2) is 11.1 Å². The Morgan fingerprint density at radius 1 is 1.40 bits per heavy atom. The first-order valence-electron chi connectivity index (χ1n) is 4.41. The first-order valence-corrected chi connectivity index (χ1v) is 6.23. The molecule has 0 aromatic carbocycles. The average molecular weight is 229 g/mol. The summed E-state index contributed by atoms with van der Waals surface area (Å²) in [6.45, 7) is 0. The van der Waals surface area contributed by atoms with Gasteiger partial charge in [-0.05, 0) is 18.4 Å². The monoisotopic (exact) mass is 229 g/mol. The molecule has 1 aliphatic rings. The Morgan fingerprint density at radius 2 is 1.93 bits per heavy atom. The minimum Gasteiger partial charge on any atom is -0.465 e. The van der Waals surface area contributed by atoms with Crippen LogP contribution in [0.2, 0.25) is 0 Å². The fourth-order valence-electron chi connectivity index (χ4n) is 1.41. The van der Waals surface area contributed by atoms with Gasteiger partial charge in [-0.2, -0.15) is 5.26 Å². The van der Waals surface area contributed by atoms with Gasteiger partial charge in [-0.3, -0.25) is 0 Å². The Bertz CT molecular complexity index is 425. The lowest BCUT2D eigenvalue weighted by atomic mass is 10.0. The summed E-state index contributed by atoms with van der Waals surface area (Å²) in [5, 5.41) is 8.75. The zero-order chi connectivity index (χ0) is 11.5. The molecule has 0 unspecified atom stereocenters. The fourth-order valence-corrected chi connectivity index (χ4v) is 2.72. The van der Waals surface area contributed by atoms with Gasteiger partial charge >= 0.3 is 5.97 Å². The van der Waals surface area contributed by atoms with E-state index in [1.807, 2.05) is 0 Å². The number of carbonyl (C=O) groups is 1. The van der Waals surface area contributed by atoms with Gasteiger partial charge in [-0.1, -0.05) is 0 Å². The van der Waals surface area contributed by atoms with Crippen LogP contribution in [0, 0.1) is 11.3 Å². The molecule has 0 aromatic heterocycles. The van der Waals surface area contributed by atoms with E-state index in [1.54, 1.807) is 6.07 Å². The van der Waals surface area contributed by atoms with Crippen LogP contribution in [-0.2, 0) is 19.4 Å². The fraction of sp³-hybridized carbons (Fsp3) is 0.556. The summed E-state index contributed by atoms with van der Waals surface area (Å²) in [7, 11) is -1.79. The van der Waals surface area contributed by atoms with Crippen molar-refractivity contribution in [1.82, 2.24) is 0 Å². The molecule has 1 fully saturated rings. The summed E-state index contributed by atoms with van der Waals surface area (Å²) >= 11 is 0. The van der Waals surface area contributed by atoms with Crippen LogP contribution in [0.1, 0.15) is 12.8 Å². The van der Waals surface area contributed by atoms with Gasteiger partial charge in [-0.25, -0.2) is 13.2 Å². The van der Waals surface area contributed by atoms with Gasteiger partial charge in [-0.15, -0.1) is 0 Å². The van der Waals surface area contributed by atoms with E-state index in [0.29, 0.717) is 5.57 Å². The van der Waals surface area contributed by atoms with E-state index in [1.165, 1.54) is 7.11 Å². The number of nitriles is 1. The Labute approximate surface area is 88.3 Å². The summed E-state index contributed by atoms with van der Waals surface area (Å²) in [4.78, 5) is 11.2. The molecule has 5 nitrogen and oxygen atoms in total. The number of rotatable bonds is 1. The number of hydrogen-bond acceptors (Lipinski definition) is 5. The van der Waals surface area contributed by atoms with E-state index >= 15 is 0 Å². The predicted octanol–water partition coefficient (Wildman–Crippen LogP) is 0.188.